The lowest BCUT2D eigenvalue weighted by atomic mass is 9.81. The van der Waals surface area contributed by atoms with Gasteiger partial charge in [0.05, 0.1) is 25.2 Å². The van der Waals surface area contributed by atoms with E-state index in [0.717, 1.165) is 42.9 Å². The smallest absolute Gasteiger partial charge is 0.257 e. The number of carbonyl (C=O) groups excluding carboxylic acids is 6. The Hall–Kier alpha value is -7.38. The molecule has 0 radical (unpaired) electrons. The Morgan fingerprint density at radius 2 is 1.45 bits per heavy atom. The number of thiazole rings is 1. The fourth-order valence-corrected chi connectivity index (χ4v) is 10.6. The van der Waals surface area contributed by atoms with Gasteiger partial charge in [-0.25, -0.2) is 13.8 Å². The first-order valence-corrected chi connectivity index (χ1v) is 27.9. The number of carbonyl (C=O) groups is 6. The average Bonchev–Trinajstić information content (AvgIpc) is 4.09. The second-order valence-corrected chi connectivity index (χ2v) is 23.5. The highest BCUT2D eigenvalue weighted by molar-refractivity contribution is 7.13. The van der Waals surface area contributed by atoms with Crippen LogP contribution in [0.3, 0.4) is 0 Å². The highest BCUT2D eigenvalue weighted by atomic mass is 32.1. The van der Waals surface area contributed by atoms with Crippen LogP contribution in [-0.2, 0) is 39.5 Å². The molecule has 428 valence electrons. The number of anilines is 3. The molecule has 19 heteroatoms. The van der Waals surface area contributed by atoms with Crippen molar-refractivity contribution in [3.8, 4) is 0 Å². The van der Waals surface area contributed by atoms with Crippen molar-refractivity contribution in [3.05, 3.63) is 137 Å². The molecule has 1 aromatic heterocycles. The molecule has 0 saturated heterocycles. The van der Waals surface area contributed by atoms with Crippen LogP contribution in [0, 0.1) is 17.0 Å². The number of fused-ring (bicyclic) bond motifs is 2. The molecule has 80 heavy (non-hydrogen) atoms. The zero-order chi connectivity index (χ0) is 58.6. The van der Waals surface area contributed by atoms with Crippen LogP contribution in [0.1, 0.15) is 115 Å². The van der Waals surface area contributed by atoms with Crippen LogP contribution in [-0.4, -0.2) is 127 Å². The van der Waals surface area contributed by atoms with Gasteiger partial charge < -0.3 is 35.4 Å². The summed E-state index contributed by atoms with van der Waals surface area (Å²) >= 11 is 1.13. The molecule has 0 bridgehead atoms. The monoisotopic (exact) mass is 1120 g/mol. The summed E-state index contributed by atoms with van der Waals surface area (Å²) in [6.45, 7) is 16.9. The van der Waals surface area contributed by atoms with Gasteiger partial charge in [-0.3, -0.25) is 34.1 Å². The molecule has 4 aromatic rings. The minimum absolute atomic E-state index is 0.0934. The van der Waals surface area contributed by atoms with Crippen LogP contribution in [0.25, 0.3) is 0 Å². The van der Waals surface area contributed by atoms with Gasteiger partial charge in [0.2, 0.25) is 35.2 Å². The van der Waals surface area contributed by atoms with Crippen molar-refractivity contribution in [1.29, 1.82) is 0 Å². The van der Waals surface area contributed by atoms with Crippen molar-refractivity contribution in [2.24, 2.45) is 5.41 Å². The number of halogens is 2. The van der Waals surface area contributed by atoms with E-state index in [4.69, 9.17) is 4.74 Å². The number of benzene rings is 3. The number of aromatic nitrogens is 1. The van der Waals surface area contributed by atoms with E-state index < -0.39 is 51.9 Å². The van der Waals surface area contributed by atoms with E-state index in [9.17, 15) is 37.5 Å². The summed E-state index contributed by atoms with van der Waals surface area (Å²) in [5, 5.41) is 12.0. The molecule has 16 nitrogen and oxygen atoms in total. The fraction of sp³-hybridized carbons (Fsp3) is 0.443. The first-order chi connectivity index (χ1) is 37.8. The Morgan fingerprint density at radius 3 is 2.12 bits per heavy atom. The third-order valence-electron chi connectivity index (χ3n) is 14.9. The number of nitrogens with zero attached hydrogens (tertiary/aromatic N) is 5. The molecule has 3 heterocycles. The number of unbranched alkanes of at least 4 members (excludes halogenated alkanes) is 2. The Morgan fingerprint density at radius 1 is 0.787 bits per heavy atom. The molecular formula is C61H78F2N9O7S+. The Balaban J connectivity index is 0.850. The van der Waals surface area contributed by atoms with Crippen LogP contribution in [0.4, 0.5) is 31.0 Å². The number of para-hydroxylation sites is 2. The zero-order valence-electron chi connectivity index (χ0n) is 48.1. The van der Waals surface area contributed by atoms with Gasteiger partial charge in [-0.2, -0.15) is 4.58 Å². The van der Waals surface area contributed by atoms with Crippen LogP contribution in [0.5, 0.6) is 0 Å². The van der Waals surface area contributed by atoms with E-state index in [0.29, 0.717) is 12.8 Å². The van der Waals surface area contributed by atoms with Gasteiger partial charge in [0, 0.05) is 105 Å². The Labute approximate surface area is 473 Å². The number of likely N-dealkylation sites (N-methyl/N-ethyl adjacent to an activating group) is 2. The van der Waals surface area contributed by atoms with Crippen molar-refractivity contribution in [2.45, 2.75) is 110 Å². The molecule has 0 atom stereocenters. The van der Waals surface area contributed by atoms with E-state index in [1.54, 1.807) is 40.1 Å². The molecule has 4 N–H and O–H groups in total. The van der Waals surface area contributed by atoms with E-state index in [1.807, 2.05) is 0 Å². The molecule has 0 fully saturated rings. The topological polar surface area (TPSA) is 185 Å². The van der Waals surface area contributed by atoms with Crippen LogP contribution in [0.15, 0.2) is 108 Å². The summed E-state index contributed by atoms with van der Waals surface area (Å²) in [6, 6.07) is 18.7. The number of rotatable bonds is 26. The lowest BCUT2D eigenvalue weighted by Crippen LogP contribution is -2.55. The quantitative estimate of drug-likeness (QED) is 0.0270. The third kappa shape index (κ3) is 15.3. The number of nitrogens with one attached hydrogen (secondary N) is 4. The first kappa shape index (κ1) is 61.8. The first-order valence-electron chi connectivity index (χ1n) is 27.0. The van der Waals surface area contributed by atoms with Crippen molar-refractivity contribution < 1.29 is 46.9 Å². The Kier molecular flexibility index (Phi) is 20.6. The number of hydrogen-bond donors (Lipinski definition) is 4. The Bertz CT molecular complexity index is 3030. The van der Waals surface area contributed by atoms with Gasteiger partial charge in [-0.05, 0) is 75.8 Å². The summed E-state index contributed by atoms with van der Waals surface area (Å²) in [7, 11) is 5.21. The van der Waals surface area contributed by atoms with E-state index in [2.05, 4.69) is 149 Å². The largest absolute Gasteiger partial charge is 0.378 e. The number of hydrogen-bond acceptors (Lipinski definition) is 10. The van der Waals surface area contributed by atoms with E-state index in [1.165, 1.54) is 57.0 Å². The SMILES string of the molecule is CN(CC(=O)NCCOCCNC(=O)C(C)(C)N(C)C(=O)CCCCCN1/C(=C/C=C/C=C/C2=[N+](C)c3ccccc3C2(C)C)C(C)(C)c2ccccc21)C(=O)CC(C)(C)CC(=O)Nc1c(F)cc(C(=O)Nc2nccs2)cc1F. The molecule has 6 amide bonds. The van der Waals surface area contributed by atoms with Gasteiger partial charge in [0.1, 0.15) is 18.3 Å². The second kappa shape index (κ2) is 26.7. The normalized spacial score (nSPS) is 15.1. The molecule has 3 aromatic carbocycles. The maximum Gasteiger partial charge on any atom is 0.257 e. The highest BCUT2D eigenvalue weighted by Crippen LogP contribution is 2.48. The lowest BCUT2D eigenvalue weighted by molar-refractivity contribution is -0.401. The standard InChI is InChI=1S/C61H77F2N9O7S/c1-58(2,38-50(73)67-54-44(62)36-41(37-45(54)63)55(77)68-57-66-31-35-80-57)39-53(76)69(9)40-51(74)64-29-33-79-34-30-65-56(78)61(7,8)71(11)52(75)28-16-13-21-32-72-47-25-20-18-23-43(47)60(5,6)49(72)27-15-12-14-26-48-59(3,4)42-22-17-19-24-46(42)70(48)10/h12,14-15,17-20,22-27,31,35-37H,13,16,21,28-30,32-34,38-40H2,1-11H3,(H3-,64,65,66,67,68,73,74,77,78)/p+1. The summed E-state index contributed by atoms with van der Waals surface area (Å²) in [5.74, 6) is -5.17. The van der Waals surface area contributed by atoms with Crippen molar-refractivity contribution in [1.82, 2.24) is 25.4 Å². The second-order valence-electron chi connectivity index (χ2n) is 22.6. The molecule has 0 saturated carbocycles. The van der Waals surface area contributed by atoms with E-state index in [-0.39, 0.29) is 79.0 Å². The highest BCUT2D eigenvalue weighted by Gasteiger charge is 2.43. The van der Waals surface area contributed by atoms with Gasteiger partial charge in [0.15, 0.2) is 22.5 Å². The zero-order valence-corrected chi connectivity index (χ0v) is 48.9. The molecule has 2 aliphatic heterocycles. The lowest BCUT2D eigenvalue weighted by Gasteiger charge is -2.34. The number of ether oxygens (including phenoxy) is 1. The molecule has 0 aliphatic carbocycles. The van der Waals surface area contributed by atoms with Crippen LogP contribution >= 0.6 is 11.3 Å². The molecule has 2 aliphatic rings. The third-order valence-corrected chi connectivity index (χ3v) is 15.6. The van der Waals surface area contributed by atoms with Gasteiger partial charge >= 0.3 is 0 Å². The maximum absolute atomic E-state index is 14.9. The maximum atomic E-state index is 14.9. The molecule has 0 unspecified atom stereocenters. The predicted octanol–water partition coefficient (Wildman–Crippen LogP) is 9.42. The summed E-state index contributed by atoms with van der Waals surface area (Å²) in [5.41, 5.74) is 4.12. The van der Waals surface area contributed by atoms with Gasteiger partial charge in [0.25, 0.3) is 5.91 Å². The predicted molar refractivity (Wildman–Crippen MR) is 311 cm³/mol. The average molecular weight is 1120 g/mol. The van der Waals surface area contributed by atoms with Gasteiger partial charge in [-0.1, -0.05) is 88.7 Å². The van der Waals surface area contributed by atoms with E-state index >= 15 is 0 Å². The summed E-state index contributed by atoms with van der Waals surface area (Å²) < 4.78 is 37.6. The van der Waals surface area contributed by atoms with Gasteiger partial charge in [-0.15, -0.1) is 11.3 Å². The fourth-order valence-electron chi connectivity index (χ4n) is 10.1. The van der Waals surface area contributed by atoms with Crippen LogP contribution in [0.2, 0.25) is 0 Å². The van der Waals surface area contributed by atoms with Crippen LogP contribution < -0.4 is 26.2 Å². The number of amides is 6. The molecule has 0 spiro atoms. The summed E-state index contributed by atoms with van der Waals surface area (Å²) in [4.78, 5) is 86.7. The van der Waals surface area contributed by atoms with Crippen molar-refractivity contribution >= 4 is 74.7 Å². The minimum atomic E-state index is -1.15. The van der Waals surface area contributed by atoms with Crippen molar-refractivity contribution in [2.75, 3.05) is 76.1 Å². The van der Waals surface area contributed by atoms with Crippen molar-refractivity contribution in [3.63, 3.8) is 0 Å². The number of allylic oxidation sites excluding steroid dienone is 6. The summed E-state index contributed by atoms with van der Waals surface area (Å²) in [6.07, 6.45) is 14.5. The molecular weight excluding hydrogens is 1040 g/mol. The minimum Gasteiger partial charge on any atom is -0.378 e. The molecule has 6 rings (SSSR count).